The lowest BCUT2D eigenvalue weighted by Crippen LogP contribution is -2.44. The third-order valence-corrected chi connectivity index (χ3v) is 5.18. The fourth-order valence-corrected chi connectivity index (χ4v) is 4.33. The van der Waals surface area contributed by atoms with Crippen LogP contribution in [0.3, 0.4) is 0 Å². The monoisotopic (exact) mass is 281 g/mol. The van der Waals surface area contributed by atoms with Crippen molar-refractivity contribution >= 4 is 11.8 Å². The van der Waals surface area contributed by atoms with Crippen LogP contribution in [0.2, 0.25) is 0 Å². The molecule has 2 aliphatic rings. The Labute approximate surface area is 118 Å². The Morgan fingerprint density at radius 2 is 2.42 bits per heavy atom. The fraction of sp³-hybridized carbons (Fsp3) is 0.600. The molecular weight excluding hydrogens is 261 g/mol. The quantitative estimate of drug-likeness (QED) is 0.916. The maximum absolute atomic E-state index is 13.5. The molecule has 19 heavy (non-hydrogen) atoms. The summed E-state index contributed by atoms with van der Waals surface area (Å²) in [6.07, 6.45) is 3.14. The molecule has 1 aromatic rings. The van der Waals surface area contributed by atoms with Crippen LogP contribution in [-0.4, -0.2) is 23.7 Å². The van der Waals surface area contributed by atoms with Crippen molar-refractivity contribution in [1.29, 1.82) is 0 Å². The van der Waals surface area contributed by atoms with Gasteiger partial charge >= 0.3 is 0 Å². The van der Waals surface area contributed by atoms with Gasteiger partial charge in [-0.05, 0) is 43.3 Å². The first-order valence-electron chi connectivity index (χ1n) is 7.02. The highest BCUT2D eigenvalue weighted by molar-refractivity contribution is 7.99. The molecule has 2 heterocycles. The molecule has 0 amide bonds. The van der Waals surface area contributed by atoms with Crippen molar-refractivity contribution in [3.63, 3.8) is 0 Å². The minimum absolute atomic E-state index is 0.0408. The third-order valence-electron chi connectivity index (χ3n) is 3.96. The average Bonchev–Trinajstić information content (AvgIpc) is 2.85. The number of ether oxygens (including phenoxy) is 1. The van der Waals surface area contributed by atoms with Crippen molar-refractivity contribution < 1.29 is 9.13 Å². The van der Waals surface area contributed by atoms with E-state index in [1.165, 1.54) is 6.07 Å². The Bertz CT molecular complexity index is 459. The van der Waals surface area contributed by atoms with Gasteiger partial charge in [-0.3, -0.25) is 0 Å². The molecular formula is C15H20FNOS. The Morgan fingerprint density at radius 3 is 3.16 bits per heavy atom. The number of rotatable bonds is 3. The first-order chi connectivity index (χ1) is 9.22. The van der Waals surface area contributed by atoms with Crippen LogP contribution in [0, 0.1) is 5.82 Å². The van der Waals surface area contributed by atoms with Crippen LogP contribution < -0.4 is 10.1 Å². The van der Waals surface area contributed by atoms with E-state index in [0.29, 0.717) is 0 Å². The van der Waals surface area contributed by atoms with E-state index in [0.717, 1.165) is 48.6 Å². The molecule has 2 nitrogen and oxygen atoms in total. The second-order valence-corrected chi connectivity index (χ2v) is 6.59. The molecule has 1 aromatic carbocycles. The first kappa shape index (κ1) is 13.3. The van der Waals surface area contributed by atoms with E-state index in [4.69, 9.17) is 4.74 Å². The maximum atomic E-state index is 13.5. The topological polar surface area (TPSA) is 21.3 Å². The van der Waals surface area contributed by atoms with Crippen molar-refractivity contribution in [2.75, 3.05) is 18.1 Å². The smallest absolute Gasteiger partial charge is 0.125 e. The highest BCUT2D eigenvalue weighted by Gasteiger charge is 2.43. The summed E-state index contributed by atoms with van der Waals surface area (Å²) in [7, 11) is 0. The lowest BCUT2D eigenvalue weighted by atomic mass is 9.86. The van der Waals surface area contributed by atoms with Crippen molar-refractivity contribution in [3.8, 4) is 5.75 Å². The number of fused-ring (bicyclic) bond motifs is 1. The summed E-state index contributed by atoms with van der Waals surface area (Å²) < 4.78 is 19.7. The van der Waals surface area contributed by atoms with E-state index in [-0.39, 0.29) is 17.5 Å². The molecule has 0 radical (unpaired) electrons. The predicted octanol–water partition coefficient (Wildman–Crippen LogP) is 3.52. The number of thioether (sulfide) groups is 1. The third kappa shape index (κ3) is 2.61. The van der Waals surface area contributed by atoms with Crippen LogP contribution >= 0.6 is 11.8 Å². The summed E-state index contributed by atoms with van der Waals surface area (Å²) in [5.74, 6) is 2.90. The highest BCUT2D eigenvalue weighted by Crippen LogP contribution is 2.45. The van der Waals surface area contributed by atoms with E-state index >= 15 is 0 Å². The number of nitrogens with one attached hydrogen (secondary N) is 1. The molecule has 1 saturated heterocycles. The van der Waals surface area contributed by atoms with Crippen LogP contribution in [0.5, 0.6) is 5.75 Å². The summed E-state index contributed by atoms with van der Waals surface area (Å²) in [4.78, 5) is 0. The van der Waals surface area contributed by atoms with Gasteiger partial charge < -0.3 is 10.1 Å². The summed E-state index contributed by atoms with van der Waals surface area (Å²) in [6, 6.07) is 5.13. The molecule has 1 spiro atoms. The minimum atomic E-state index is -0.178. The Kier molecular flexibility index (Phi) is 3.72. The van der Waals surface area contributed by atoms with Gasteiger partial charge in [-0.2, -0.15) is 11.8 Å². The van der Waals surface area contributed by atoms with Crippen molar-refractivity contribution in [2.45, 2.75) is 37.8 Å². The predicted molar refractivity (Wildman–Crippen MR) is 77.4 cm³/mol. The zero-order valence-electron chi connectivity index (χ0n) is 11.2. The van der Waals surface area contributed by atoms with Crippen molar-refractivity contribution in [2.24, 2.45) is 0 Å². The normalized spacial score (nSPS) is 29.3. The molecule has 0 aliphatic carbocycles. The summed E-state index contributed by atoms with van der Waals surface area (Å²) in [5, 5.41) is 3.55. The van der Waals surface area contributed by atoms with Gasteiger partial charge in [0.15, 0.2) is 0 Å². The van der Waals surface area contributed by atoms with Crippen molar-refractivity contribution in [3.05, 3.63) is 29.6 Å². The van der Waals surface area contributed by atoms with Gasteiger partial charge in [-0.1, -0.05) is 6.92 Å². The zero-order chi connectivity index (χ0) is 13.3. The molecule has 2 unspecified atom stereocenters. The van der Waals surface area contributed by atoms with Gasteiger partial charge in [0.25, 0.3) is 0 Å². The van der Waals surface area contributed by atoms with E-state index in [1.54, 1.807) is 12.1 Å². The molecule has 1 fully saturated rings. The van der Waals surface area contributed by atoms with E-state index < -0.39 is 0 Å². The molecule has 2 aliphatic heterocycles. The van der Waals surface area contributed by atoms with Gasteiger partial charge in [0.1, 0.15) is 17.2 Å². The number of hydrogen-bond acceptors (Lipinski definition) is 3. The Hall–Kier alpha value is -0.740. The molecule has 1 N–H and O–H groups in total. The molecule has 0 saturated carbocycles. The van der Waals surface area contributed by atoms with E-state index in [2.05, 4.69) is 12.2 Å². The molecule has 0 aromatic heterocycles. The second-order valence-electron chi connectivity index (χ2n) is 5.48. The van der Waals surface area contributed by atoms with Crippen molar-refractivity contribution in [1.82, 2.24) is 5.32 Å². The molecule has 104 valence electrons. The molecule has 0 bridgehead atoms. The van der Waals surface area contributed by atoms with Crippen LogP contribution in [0.1, 0.15) is 37.8 Å². The SMILES string of the molecule is CCCNC1CC2(CCSC2)Oc2ccc(F)cc21. The van der Waals surface area contributed by atoms with E-state index in [1.807, 2.05) is 11.8 Å². The maximum Gasteiger partial charge on any atom is 0.125 e. The molecule has 3 rings (SSSR count). The van der Waals surface area contributed by atoms with Gasteiger partial charge in [-0.25, -0.2) is 4.39 Å². The largest absolute Gasteiger partial charge is 0.486 e. The highest BCUT2D eigenvalue weighted by atomic mass is 32.2. The average molecular weight is 281 g/mol. The van der Waals surface area contributed by atoms with Gasteiger partial charge in [0, 0.05) is 23.8 Å². The number of halogens is 1. The molecule has 4 heteroatoms. The lowest BCUT2D eigenvalue weighted by molar-refractivity contribution is 0.0550. The Balaban J connectivity index is 1.91. The first-order valence-corrected chi connectivity index (χ1v) is 8.17. The van der Waals surface area contributed by atoms with Gasteiger partial charge in [0.05, 0.1) is 0 Å². The van der Waals surface area contributed by atoms with Crippen LogP contribution in [0.4, 0.5) is 4.39 Å². The van der Waals surface area contributed by atoms with Crippen LogP contribution in [-0.2, 0) is 0 Å². The zero-order valence-corrected chi connectivity index (χ0v) is 12.1. The Morgan fingerprint density at radius 1 is 1.53 bits per heavy atom. The lowest BCUT2D eigenvalue weighted by Gasteiger charge is -2.40. The number of hydrogen-bond donors (Lipinski definition) is 1. The second kappa shape index (κ2) is 5.33. The standard InChI is InChI=1S/C15H20FNOS/c1-2-6-17-13-9-15(5-7-19-10-15)18-14-4-3-11(16)8-12(13)14/h3-4,8,13,17H,2,5-7,9-10H2,1H3. The van der Waals surface area contributed by atoms with E-state index in [9.17, 15) is 4.39 Å². The summed E-state index contributed by atoms with van der Waals surface area (Å²) >= 11 is 1.96. The van der Waals surface area contributed by atoms with Crippen LogP contribution in [0.15, 0.2) is 18.2 Å². The van der Waals surface area contributed by atoms with Gasteiger partial charge in [0.2, 0.25) is 0 Å². The summed E-state index contributed by atoms with van der Waals surface area (Å²) in [5.41, 5.74) is 0.942. The number of benzene rings is 1. The van der Waals surface area contributed by atoms with Gasteiger partial charge in [-0.15, -0.1) is 0 Å². The summed E-state index contributed by atoms with van der Waals surface area (Å²) in [6.45, 7) is 3.11. The minimum Gasteiger partial charge on any atom is -0.486 e. The fourth-order valence-electron chi connectivity index (χ4n) is 2.97. The van der Waals surface area contributed by atoms with Crippen LogP contribution in [0.25, 0.3) is 0 Å². The molecule has 2 atom stereocenters.